The molecule has 2 aromatic carbocycles. The molecule has 0 fully saturated rings. The van der Waals surface area contributed by atoms with E-state index >= 15 is 0 Å². The van der Waals surface area contributed by atoms with Crippen molar-refractivity contribution in [3.05, 3.63) is 47.5 Å². The van der Waals surface area contributed by atoms with Crippen LogP contribution in [0.2, 0.25) is 0 Å². The van der Waals surface area contributed by atoms with Crippen molar-refractivity contribution in [1.82, 2.24) is 0 Å². The van der Waals surface area contributed by atoms with Gasteiger partial charge in [-0.05, 0) is 49.2 Å². The van der Waals surface area contributed by atoms with E-state index in [2.05, 4.69) is 10.6 Å². The predicted octanol–water partition coefficient (Wildman–Crippen LogP) is 2.83. The molecule has 154 valence electrons. The third kappa shape index (κ3) is 6.84. The van der Waals surface area contributed by atoms with Crippen LogP contribution in [-0.2, 0) is 19.1 Å². The van der Waals surface area contributed by atoms with Crippen LogP contribution in [-0.4, -0.2) is 38.1 Å². The Labute approximate surface area is 169 Å². The van der Waals surface area contributed by atoms with E-state index in [0.717, 1.165) is 11.1 Å². The highest BCUT2D eigenvalue weighted by molar-refractivity contribution is 5.96. The van der Waals surface area contributed by atoms with Gasteiger partial charge in [0.05, 0.1) is 12.8 Å². The number of amides is 2. The molecule has 0 unspecified atom stereocenters. The van der Waals surface area contributed by atoms with E-state index in [1.54, 1.807) is 18.2 Å². The molecular formula is C21H24N2O6. The Balaban J connectivity index is 1.88. The highest BCUT2D eigenvalue weighted by atomic mass is 16.6. The second-order valence-electron chi connectivity index (χ2n) is 6.36. The van der Waals surface area contributed by atoms with Crippen LogP contribution in [0.25, 0.3) is 0 Å². The van der Waals surface area contributed by atoms with Crippen molar-refractivity contribution in [3.8, 4) is 11.5 Å². The summed E-state index contributed by atoms with van der Waals surface area (Å²) in [6.45, 7) is 4.38. The number of ether oxygens (including phenoxy) is 3. The SMILES string of the molecule is COc1ccc(NC(C)=O)cc1NC(=O)COC(=O)COc1cc(C)ccc1C. The van der Waals surface area contributed by atoms with Gasteiger partial charge in [-0.25, -0.2) is 4.79 Å². The van der Waals surface area contributed by atoms with Gasteiger partial charge in [0.1, 0.15) is 11.5 Å². The molecule has 0 heterocycles. The van der Waals surface area contributed by atoms with Gasteiger partial charge in [-0.2, -0.15) is 0 Å². The topological polar surface area (TPSA) is 103 Å². The normalized spacial score (nSPS) is 10.1. The van der Waals surface area contributed by atoms with Crippen molar-refractivity contribution in [2.24, 2.45) is 0 Å². The summed E-state index contributed by atoms with van der Waals surface area (Å²) in [5.74, 6) is -0.475. The van der Waals surface area contributed by atoms with Crippen molar-refractivity contribution in [2.45, 2.75) is 20.8 Å². The molecule has 0 radical (unpaired) electrons. The molecule has 0 aliphatic heterocycles. The minimum Gasteiger partial charge on any atom is -0.495 e. The van der Waals surface area contributed by atoms with E-state index in [4.69, 9.17) is 14.2 Å². The van der Waals surface area contributed by atoms with Crippen LogP contribution in [0.3, 0.4) is 0 Å². The molecule has 0 saturated heterocycles. The zero-order valence-corrected chi connectivity index (χ0v) is 16.8. The van der Waals surface area contributed by atoms with Crippen LogP contribution >= 0.6 is 0 Å². The van der Waals surface area contributed by atoms with E-state index in [0.29, 0.717) is 22.9 Å². The standard InChI is InChI=1S/C21H24N2O6/c1-13-5-6-14(2)19(9-13)28-12-21(26)29-11-20(25)23-17-10-16(22-15(3)24)7-8-18(17)27-4/h5-10H,11-12H2,1-4H3,(H,22,24)(H,23,25). The van der Waals surface area contributed by atoms with Crippen LogP contribution in [0.4, 0.5) is 11.4 Å². The molecule has 29 heavy (non-hydrogen) atoms. The van der Waals surface area contributed by atoms with Crippen molar-refractivity contribution in [1.29, 1.82) is 0 Å². The van der Waals surface area contributed by atoms with E-state index in [9.17, 15) is 14.4 Å². The van der Waals surface area contributed by atoms with Gasteiger partial charge >= 0.3 is 5.97 Å². The predicted molar refractivity (Wildman–Crippen MR) is 108 cm³/mol. The lowest BCUT2D eigenvalue weighted by atomic mass is 10.1. The number of aryl methyl sites for hydroxylation is 2. The number of methoxy groups -OCH3 is 1. The summed E-state index contributed by atoms with van der Waals surface area (Å²) < 4.78 is 15.6. The van der Waals surface area contributed by atoms with Gasteiger partial charge in [-0.3, -0.25) is 9.59 Å². The Morgan fingerprint density at radius 2 is 1.69 bits per heavy atom. The number of hydrogen-bond donors (Lipinski definition) is 2. The molecule has 0 spiro atoms. The van der Waals surface area contributed by atoms with Crippen molar-refractivity contribution >= 4 is 29.2 Å². The fourth-order valence-electron chi connectivity index (χ4n) is 2.46. The van der Waals surface area contributed by atoms with Crippen molar-refractivity contribution in [2.75, 3.05) is 31.0 Å². The Morgan fingerprint density at radius 1 is 0.931 bits per heavy atom. The lowest BCUT2D eigenvalue weighted by molar-refractivity contribution is -0.149. The van der Waals surface area contributed by atoms with Gasteiger partial charge in [0.15, 0.2) is 13.2 Å². The van der Waals surface area contributed by atoms with Crippen LogP contribution in [0.5, 0.6) is 11.5 Å². The summed E-state index contributed by atoms with van der Waals surface area (Å²) >= 11 is 0. The van der Waals surface area contributed by atoms with Gasteiger partial charge in [0.2, 0.25) is 5.91 Å². The molecule has 0 saturated carbocycles. The van der Waals surface area contributed by atoms with Gasteiger partial charge in [0.25, 0.3) is 5.91 Å². The van der Waals surface area contributed by atoms with E-state index < -0.39 is 18.5 Å². The first-order valence-electron chi connectivity index (χ1n) is 8.89. The summed E-state index contributed by atoms with van der Waals surface area (Å²) in [5.41, 5.74) is 2.74. The Morgan fingerprint density at radius 3 is 2.38 bits per heavy atom. The highest BCUT2D eigenvalue weighted by Gasteiger charge is 2.13. The molecule has 0 aromatic heterocycles. The second kappa shape index (κ2) is 10.1. The Hall–Kier alpha value is -3.55. The minimum atomic E-state index is -0.667. The van der Waals surface area contributed by atoms with E-state index in [-0.39, 0.29) is 12.5 Å². The molecule has 0 aliphatic rings. The first-order valence-corrected chi connectivity index (χ1v) is 8.89. The maximum atomic E-state index is 12.1. The van der Waals surface area contributed by atoms with Crippen LogP contribution in [0, 0.1) is 13.8 Å². The molecule has 0 aliphatic carbocycles. The first kappa shape index (κ1) is 21.7. The van der Waals surface area contributed by atoms with Crippen LogP contribution < -0.4 is 20.1 Å². The zero-order valence-electron chi connectivity index (χ0n) is 16.8. The Kier molecular flexibility index (Phi) is 7.59. The molecule has 2 amide bonds. The first-order chi connectivity index (χ1) is 13.8. The second-order valence-corrected chi connectivity index (χ2v) is 6.36. The summed E-state index contributed by atoms with van der Waals surface area (Å²) in [7, 11) is 1.45. The monoisotopic (exact) mass is 400 g/mol. The van der Waals surface area contributed by atoms with E-state index in [1.165, 1.54) is 14.0 Å². The summed E-state index contributed by atoms with van der Waals surface area (Å²) in [5, 5.41) is 5.20. The average molecular weight is 400 g/mol. The number of esters is 1. The number of carbonyl (C=O) groups excluding carboxylic acids is 3. The number of benzene rings is 2. The summed E-state index contributed by atoms with van der Waals surface area (Å²) in [6.07, 6.45) is 0. The van der Waals surface area contributed by atoms with Gasteiger partial charge in [0, 0.05) is 12.6 Å². The molecule has 0 bridgehead atoms. The number of nitrogens with one attached hydrogen (secondary N) is 2. The molecule has 8 nitrogen and oxygen atoms in total. The van der Waals surface area contributed by atoms with E-state index in [1.807, 2.05) is 32.0 Å². The third-order valence-corrected chi connectivity index (χ3v) is 3.85. The smallest absolute Gasteiger partial charge is 0.344 e. The lowest BCUT2D eigenvalue weighted by Crippen LogP contribution is -2.24. The highest BCUT2D eigenvalue weighted by Crippen LogP contribution is 2.27. The molecule has 0 atom stereocenters. The van der Waals surface area contributed by atoms with Crippen LogP contribution in [0.1, 0.15) is 18.1 Å². The number of carbonyl (C=O) groups is 3. The number of hydrogen-bond acceptors (Lipinski definition) is 6. The molecule has 2 N–H and O–H groups in total. The fourth-order valence-corrected chi connectivity index (χ4v) is 2.46. The van der Waals surface area contributed by atoms with Gasteiger partial charge in [-0.1, -0.05) is 12.1 Å². The maximum Gasteiger partial charge on any atom is 0.344 e. The number of rotatable bonds is 8. The van der Waals surface area contributed by atoms with Crippen molar-refractivity contribution in [3.63, 3.8) is 0 Å². The van der Waals surface area contributed by atoms with Gasteiger partial charge < -0.3 is 24.8 Å². The summed E-state index contributed by atoms with van der Waals surface area (Å²) in [4.78, 5) is 35.2. The molecule has 2 aromatic rings. The average Bonchev–Trinajstić information content (AvgIpc) is 2.67. The molecule has 2 rings (SSSR count). The van der Waals surface area contributed by atoms with Crippen LogP contribution in [0.15, 0.2) is 36.4 Å². The lowest BCUT2D eigenvalue weighted by Gasteiger charge is -2.13. The zero-order chi connectivity index (χ0) is 21.4. The largest absolute Gasteiger partial charge is 0.495 e. The summed E-state index contributed by atoms with van der Waals surface area (Å²) in [6, 6.07) is 10.4. The van der Waals surface area contributed by atoms with Gasteiger partial charge in [-0.15, -0.1) is 0 Å². The Bertz CT molecular complexity index is 910. The fraction of sp³-hybridized carbons (Fsp3) is 0.286. The number of anilines is 2. The minimum absolute atomic E-state index is 0.245. The molecule has 8 heteroatoms. The van der Waals surface area contributed by atoms with Crippen molar-refractivity contribution < 1.29 is 28.6 Å². The third-order valence-electron chi connectivity index (χ3n) is 3.85. The maximum absolute atomic E-state index is 12.1. The quantitative estimate of drug-likeness (QED) is 0.661. The molecular weight excluding hydrogens is 376 g/mol.